The average molecular weight is 319 g/mol. The second kappa shape index (κ2) is 6.68. The van der Waals surface area contributed by atoms with Gasteiger partial charge in [0.05, 0.1) is 11.3 Å². The van der Waals surface area contributed by atoms with Crippen molar-refractivity contribution in [1.82, 2.24) is 10.6 Å². The Bertz CT molecular complexity index is 709. The predicted octanol–water partition coefficient (Wildman–Crippen LogP) is 1.78. The number of carbonyl (C=O) groups excluding carboxylic acids is 3. The molecule has 1 aliphatic heterocycles. The molecule has 0 bridgehead atoms. The third-order valence-corrected chi connectivity index (χ3v) is 3.49. The number of rotatable bonds is 3. The minimum atomic E-state index is -0.787. The van der Waals surface area contributed by atoms with Crippen LogP contribution in [0.1, 0.15) is 42.6 Å². The van der Waals surface area contributed by atoms with Crippen LogP contribution in [0.4, 0.5) is 10.1 Å². The van der Waals surface area contributed by atoms with Crippen LogP contribution < -0.4 is 10.6 Å². The normalized spacial score (nSPS) is 17.5. The highest BCUT2D eigenvalue weighted by Gasteiger charge is 2.29. The Balaban J connectivity index is 2.29. The number of hydrogen-bond donors (Lipinski definition) is 2. The fourth-order valence-corrected chi connectivity index (χ4v) is 2.29. The number of nitrogens with one attached hydrogen (secondary N) is 2. The third kappa shape index (κ3) is 3.80. The second-order valence-corrected chi connectivity index (χ2v) is 5.60. The zero-order chi connectivity index (χ0) is 17.1. The molecule has 1 fully saturated rings. The summed E-state index contributed by atoms with van der Waals surface area (Å²) >= 11 is 0. The molecule has 1 heterocycles. The standard InChI is InChI=1S/C16H18FN3O3/c1-8(2)18-14-9(3)11(17)5-4-10(14)15(22)19-12-6-7-13(21)20-16(12)23/h4-5,12H,6-7H2,1-3H3,(H,19,22)(H,20,21,23). The van der Waals surface area contributed by atoms with Gasteiger partial charge in [-0.3, -0.25) is 24.7 Å². The van der Waals surface area contributed by atoms with E-state index in [9.17, 15) is 18.8 Å². The number of nitrogens with zero attached hydrogens (tertiary/aromatic N) is 1. The van der Waals surface area contributed by atoms with E-state index in [1.165, 1.54) is 12.1 Å². The number of halogens is 1. The first kappa shape index (κ1) is 16.8. The molecule has 0 saturated carbocycles. The minimum absolute atomic E-state index is 0.165. The Kier molecular flexibility index (Phi) is 4.88. The van der Waals surface area contributed by atoms with Crippen LogP contribution in [0.15, 0.2) is 17.1 Å². The SMILES string of the molecule is CC(C)=Nc1c(C(=O)NC2CCC(=O)NC2=O)ccc(F)c1C. The second-order valence-electron chi connectivity index (χ2n) is 5.60. The monoisotopic (exact) mass is 319 g/mol. The first-order chi connectivity index (χ1) is 10.8. The number of benzene rings is 1. The van der Waals surface area contributed by atoms with Gasteiger partial charge in [0.15, 0.2) is 0 Å². The first-order valence-electron chi connectivity index (χ1n) is 7.25. The van der Waals surface area contributed by atoms with Gasteiger partial charge in [0.1, 0.15) is 11.9 Å². The van der Waals surface area contributed by atoms with E-state index in [-0.39, 0.29) is 35.6 Å². The van der Waals surface area contributed by atoms with Crippen molar-refractivity contribution in [3.63, 3.8) is 0 Å². The lowest BCUT2D eigenvalue weighted by molar-refractivity contribution is -0.134. The summed E-state index contributed by atoms with van der Waals surface area (Å²) in [5.74, 6) is -1.87. The van der Waals surface area contributed by atoms with Gasteiger partial charge < -0.3 is 5.32 Å². The Morgan fingerprint density at radius 2 is 2.04 bits per heavy atom. The van der Waals surface area contributed by atoms with Crippen LogP contribution in [0.5, 0.6) is 0 Å². The molecule has 0 aliphatic carbocycles. The largest absolute Gasteiger partial charge is 0.340 e. The van der Waals surface area contributed by atoms with Crippen LogP contribution in [0, 0.1) is 12.7 Å². The van der Waals surface area contributed by atoms with Crippen molar-refractivity contribution >= 4 is 29.1 Å². The van der Waals surface area contributed by atoms with E-state index < -0.39 is 23.7 Å². The Hall–Kier alpha value is -2.57. The van der Waals surface area contributed by atoms with Crippen molar-refractivity contribution in [3.8, 4) is 0 Å². The van der Waals surface area contributed by atoms with Crippen molar-refractivity contribution < 1.29 is 18.8 Å². The van der Waals surface area contributed by atoms with Crippen molar-refractivity contribution in [2.24, 2.45) is 4.99 Å². The van der Waals surface area contributed by atoms with Crippen LogP contribution in [-0.2, 0) is 9.59 Å². The quantitative estimate of drug-likeness (QED) is 0.657. The number of amides is 3. The zero-order valence-corrected chi connectivity index (χ0v) is 13.2. The molecule has 7 heteroatoms. The summed E-state index contributed by atoms with van der Waals surface area (Å²) in [6, 6.07) is 1.74. The minimum Gasteiger partial charge on any atom is -0.340 e. The number of piperidine rings is 1. The van der Waals surface area contributed by atoms with Crippen LogP contribution in [0.25, 0.3) is 0 Å². The summed E-state index contributed by atoms with van der Waals surface area (Å²) in [7, 11) is 0. The maximum Gasteiger partial charge on any atom is 0.254 e. The number of carbonyl (C=O) groups is 3. The van der Waals surface area contributed by atoms with Crippen molar-refractivity contribution in [3.05, 3.63) is 29.1 Å². The summed E-state index contributed by atoms with van der Waals surface area (Å²) in [5.41, 5.74) is 1.38. The fraction of sp³-hybridized carbons (Fsp3) is 0.375. The van der Waals surface area contributed by atoms with Crippen LogP contribution >= 0.6 is 0 Å². The van der Waals surface area contributed by atoms with Crippen molar-refractivity contribution in [1.29, 1.82) is 0 Å². The molecule has 0 spiro atoms. The van der Waals surface area contributed by atoms with Crippen LogP contribution in [-0.4, -0.2) is 29.5 Å². The molecule has 1 atom stereocenters. The number of aliphatic imine (C=N–C) groups is 1. The molecule has 3 amide bonds. The highest BCUT2D eigenvalue weighted by molar-refractivity contribution is 6.05. The number of hydrogen-bond acceptors (Lipinski definition) is 4. The molecule has 1 saturated heterocycles. The molecule has 122 valence electrons. The van der Waals surface area contributed by atoms with E-state index in [1.807, 2.05) is 0 Å². The van der Waals surface area contributed by atoms with Gasteiger partial charge in [0, 0.05) is 17.7 Å². The Morgan fingerprint density at radius 1 is 1.35 bits per heavy atom. The maximum atomic E-state index is 13.7. The van der Waals surface area contributed by atoms with E-state index in [1.54, 1.807) is 20.8 Å². The molecule has 1 aliphatic rings. The van der Waals surface area contributed by atoms with E-state index >= 15 is 0 Å². The first-order valence-corrected chi connectivity index (χ1v) is 7.25. The average Bonchev–Trinajstić information content (AvgIpc) is 2.46. The fourth-order valence-electron chi connectivity index (χ4n) is 2.29. The van der Waals surface area contributed by atoms with Gasteiger partial charge in [-0.15, -0.1) is 0 Å². The lowest BCUT2D eigenvalue weighted by atomic mass is 10.0. The Labute approximate surface area is 133 Å². The smallest absolute Gasteiger partial charge is 0.254 e. The van der Waals surface area contributed by atoms with E-state index in [2.05, 4.69) is 15.6 Å². The summed E-state index contributed by atoms with van der Waals surface area (Å²) in [6.07, 6.45) is 0.403. The molecule has 2 N–H and O–H groups in total. The third-order valence-electron chi connectivity index (χ3n) is 3.49. The molecule has 1 aromatic rings. The molecule has 23 heavy (non-hydrogen) atoms. The molecule has 0 aromatic heterocycles. The van der Waals surface area contributed by atoms with Gasteiger partial charge in [0.25, 0.3) is 5.91 Å². The summed E-state index contributed by atoms with van der Waals surface area (Å²) in [4.78, 5) is 39.5. The molecular formula is C16H18FN3O3. The lowest BCUT2D eigenvalue weighted by Crippen LogP contribution is -2.52. The van der Waals surface area contributed by atoms with E-state index in [0.717, 1.165) is 0 Å². The lowest BCUT2D eigenvalue weighted by Gasteiger charge is -2.22. The van der Waals surface area contributed by atoms with Crippen LogP contribution in [0.2, 0.25) is 0 Å². The van der Waals surface area contributed by atoms with Gasteiger partial charge in [0.2, 0.25) is 11.8 Å². The molecule has 1 aromatic carbocycles. The zero-order valence-electron chi connectivity index (χ0n) is 13.2. The molecule has 2 rings (SSSR count). The van der Waals surface area contributed by atoms with Gasteiger partial charge in [-0.2, -0.15) is 0 Å². The molecular weight excluding hydrogens is 301 g/mol. The van der Waals surface area contributed by atoms with Gasteiger partial charge in [-0.1, -0.05) is 0 Å². The van der Waals surface area contributed by atoms with Gasteiger partial charge in [-0.05, 0) is 39.3 Å². The van der Waals surface area contributed by atoms with Gasteiger partial charge in [-0.25, -0.2) is 4.39 Å². The summed E-state index contributed by atoms with van der Waals surface area (Å²) < 4.78 is 13.7. The Morgan fingerprint density at radius 3 is 2.65 bits per heavy atom. The highest BCUT2D eigenvalue weighted by Crippen LogP contribution is 2.27. The van der Waals surface area contributed by atoms with E-state index in [4.69, 9.17) is 0 Å². The molecule has 6 nitrogen and oxygen atoms in total. The molecule has 0 radical (unpaired) electrons. The van der Waals surface area contributed by atoms with Crippen LogP contribution in [0.3, 0.4) is 0 Å². The predicted molar refractivity (Wildman–Crippen MR) is 83.2 cm³/mol. The van der Waals surface area contributed by atoms with Crippen molar-refractivity contribution in [2.75, 3.05) is 0 Å². The van der Waals surface area contributed by atoms with Gasteiger partial charge >= 0.3 is 0 Å². The summed E-state index contributed by atoms with van der Waals surface area (Å²) in [5, 5.41) is 4.74. The maximum absolute atomic E-state index is 13.7. The molecule has 1 unspecified atom stereocenters. The topological polar surface area (TPSA) is 87.6 Å². The number of imide groups is 1. The van der Waals surface area contributed by atoms with E-state index in [0.29, 0.717) is 5.71 Å². The summed E-state index contributed by atoms with van der Waals surface area (Å²) in [6.45, 7) is 5.03. The highest BCUT2D eigenvalue weighted by atomic mass is 19.1. The van der Waals surface area contributed by atoms with Crippen molar-refractivity contribution in [2.45, 2.75) is 39.7 Å².